The molecule has 2 unspecified atom stereocenters. The molecule has 0 heterocycles. The monoisotopic (exact) mass is 318 g/mol. The number of amides is 1. The van der Waals surface area contributed by atoms with Crippen LogP contribution < -0.4 is 5.73 Å². The third-order valence-electron chi connectivity index (χ3n) is 4.52. The summed E-state index contributed by atoms with van der Waals surface area (Å²) in [4.78, 5) is 22.5. The first-order valence-electron chi connectivity index (χ1n) is 7.36. The summed E-state index contributed by atoms with van der Waals surface area (Å²) in [6, 6.07) is -0.224. The quantitative estimate of drug-likeness (QED) is 0.730. The number of rotatable bonds is 6. The molecule has 2 rings (SSSR count). The van der Waals surface area contributed by atoms with E-state index in [4.69, 9.17) is 5.73 Å². The van der Waals surface area contributed by atoms with E-state index in [1.807, 2.05) is 0 Å². The Morgan fingerprint density at radius 3 is 2.24 bits per heavy atom. The molecular formula is C13H22N2O5S. The van der Waals surface area contributed by atoms with Gasteiger partial charge in [-0.15, -0.1) is 0 Å². The summed E-state index contributed by atoms with van der Waals surface area (Å²) in [6.07, 6.45) is 4.53. The Labute approximate surface area is 124 Å². The Morgan fingerprint density at radius 1 is 1.10 bits per heavy atom. The van der Waals surface area contributed by atoms with Crippen LogP contribution in [0.1, 0.15) is 44.9 Å². The first kappa shape index (κ1) is 16.2. The van der Waals surface area contributed by atoms with Crippen LogP contribution in [0, 0.1) is 5.92 Å². The van der Waals surface area contributed by atoms with Gasteiger partial charge < -0.3 is 10.8 Å². The van der Waals surface area contributed by atoms with Crippen LogP contribution in [0.25, 0.3) is 0 Å². The van der Waals surface area contributed by atoms with E-state index < -0.39 is 33.1 Å². The summed E-state index contributed by atoms with van der Waals surface area (Å²) in [5.74, 6) is -2.66. The largest absolute Gasteiger partial charge is 0.481 e. The smallest absolute Gasteiger partial charge is 0.307 e. The second kappa shape index (κ2) is 6.31. The van der Waals surface area contributed by atoms with Crippen molar-refractivity contribution in [2.45, 2.75) is 56.2 Å². The molecule has 7 nitrogen and oxygen atoms in total. The first-order valence-corrected chi connectivity index (χ1v) is 8.86. The number of primary amides is 1. The molecule has 0 aliphatic heterocycles. The lowest BCUT2D eigenvalue weighted by atomic mass is 10.1. The first-order chi connectivity index (χ1) is 9.84. The van der Waals surface area contributed by atoms with Gasteiger partial charge in [0.1, 0.15) is 0 Å². The van der Waals surface area contributed by atoms with E-state index in [0.717, 1.165) is 12.8 Å². The van der Waals surface area contributed by atoms with Crippen LogP contribution in [0.3, 0.4) is 0 Å². The van der Waals surface area contributed by atoms with E-state index in [1.54, 1.807) is 0 Å². The Bertz CT molecular complexity index is 513. The number of hydrogen-bond acceptors (Lipinski definition) is 4. The number of sulfonamides is 1. The molecule has 0 spiro atoms. The van der Waals surface area contributed by atoms with Crippen molar-refractivity contribution in [3.8, 4) is 0 Å². The van der Waals surface area contributed by atoms with Crippen LogP contribution >= 0.6 is 0 Å². The molecule has 2 aliphatic carbocycles. The fourth-order valence-electron chi connectivity index (χ4n) is 3.51. The summed E-state index contributed by atoms with van der Waals surface area (Å²) in [5.41, 5.74) is 5.19. The van der Waals surface area contributed by atoms with Gasteiger partial charge in [0.15, 0.2) is 0 Å². The second-order valence-electron chi connectivity index (χ2n) is 5.91. The SMILES string of the molecule is NC(=O)CN(C1CCCC1)S(=O)(=O)C1CCCC1C(=O)O. The number of carbonyl (C=O) groups excluding carboxylic acids is 1. The van der Waals surface area contributed by atoms with Crippen LogP contribution in [-0.4, -0.2) is 47.5 Å². The van der Waals surface area contributed by atoms with Crippen molar-refractivity contribution in [2.24, 2.45) is 11.7 Å². The van der Waals surface area contributed by atoms with Gasteiger partial charge in [0.25, 0.3) is 0 Å². The lowest BCUT2D eigenvalue weighted by molar-refractivity contribution is -0.141. The highest BCUT2D eigenvalue weighted by atomic mass is 32.2. The molecule has 2 aliphatic rings. The van der Waals surface area contributed by atoms with E-state index in [9.17, 15) is 23.1 Å². The number of carbonyl (C=O) groups is 2. The normalized spacial score (nSPS) is 27.3. The van der Waals surface area contributed by atoms with Crippen molar-refractivity contribution in [2.75, 3.05) is 6.54 Å². The van der Waals surface area contributed by atoms with Crippen LogP contribution in [0.5, 0.6) is 0 Å². The van der Waals surface area contributed by atoms with Crippen LogP contribution in [-0.2, 0) is 19.6 Å². The average Bonchev–Trinajstić information content (AvgIpc) is 3.06. The minimum atomic E-state index is -3.82. The van der Waals surface area contributed by atoms with Crippen molar-refractivity contribution in [1.29, 1.82) is 0 Å². The summed E-state index contributed by atoms with van der Waals surface area (Å²) < 4.78 is 26.8. The van der Waals surface area contributed by atoms with Crippen LogP contribution in [0.2, 0.25) is 0 Å². The molecule has 0 radical (unpaired) electrons. The molecule has 2 fully saturated rings. The highest BCUT2D eigenvalue weighted by Crippen LogP contribution is 2.36. The van der Waals surface area contributed by atoms with Gasteiger partial charge in [-0.05, 0) is 25.7 Å². The highest BCUT2D eigenvalue weighted by Gasteiger charge is 2.46. The van der Waals surface area contributed by atoms with Crippen molar-refractivity contribution >= 4 is 21.9 Å². The fraction of sp³-hybridized carbons (Fsp3) is 0.846. The molecule has 0 aromatic heterocycles. The number of nitrogens with two attached hydrogens (primary N) is 1. The van der Waals surface area contributed by atoms with E-state index in [1.165, 1.54) is 4.31 Å². The molecule has 120 valence electrons. The van der Waals surface area contributed by atoms with Crippen molar-refractivity contribution < 1.29 is 23.1 Å². The Kier molecular flexibility index (Phi) is 4.88. The number of carboxylic acids is 1. The van der Waals surface area contributed by atoms with E-state index in [0.29, 0.717) is 32.1 Å². The van der Waals surface area contributed by atoms with Crippen LogP contribution in [0.4, 0.5) is 0 Å². The van der Waals surface area contributed by atoms with Gasteiger partial charge in [-0.25, -0.2) is 8.42 Å². The Balaban J connectivity index is 2.27. The minimum Gasteiger partial charge on any atom is -0.481 e. The summed E-state index contributed by atoms with van der Waals surface area (Å²) >= 11 is 0. The third kappa shape index (κ3) is 3.37. The molecule has 8 heteroatoms. The van der Waals surface area contributed by atoms with E-state index in [-0.39, 0.29) is 12.6 Å². The van der Waals surface area contributed by atoms with Gasteiger partial charge in [-0.1, -0.05) is 19.3 Å². The maximum atomic E-state index is 12.8. The molecule has 2 atom stereocenters. The van der Waals surface area contributed by atoms with Gasteiger partial charge in [0.05, 0.1) is 17.7 Å². The third-order valence-corrected chi connectivity index (χ3v) is 6.93. The molecule has 0 bridgehead atoms. The number of aliphatic carboxylic acids is 1. The van der Waals surface area contributed by atoms with Crippen LogP contribution in [0.15, 0.2) is 0 Å². The number of nitrogens with zero attached hydrogens (tertiary/aromatic N) is 1. The molecule has 2 saturated carbocycles. The predicted octanol–water partition coefficient (Wildman–Crippen LogP) is 0.299. The van der Waals surface area contributed by atoms with Crippen molar-refractivity contribution in [3.63, 3.8) is 0 Å². The lowest BCUT2D eigenvalue weighted by Gasteiger charge is -2.31. The molecule has 1 amide bonds. The Morgan fingerprint density at radius 2 is 1.71 bits per heavy atom. The number of hydrogen-bond donors (Lipinski definition) is 2. The average molecular weight is 318 g/mol. The maximum Gasteiger partial charge on any atom is 0.307 e. The fourth-order valence-corrected chi connectivity index (χ4v) is 5.93. The molecule has 0 aromatic carbocycles. The van der Waals surface area contributed by atoms with Gasteiger partial charge in [0.2, 0.25) is 15.9 Å². The summed E-state index contributed by atoms with van der Waals surface area (Å²) in [7, 11) is -3.82. The summed E-state index contributed by atoms with van der Waals surface area (Å²) in [5, 5.41) is 8.27. The zero-order valence-corrected chi connectivity index (χ0v) is 12.7. The number of carboxylic acid groups (broad SMARTS) is 1. The molecule has 0 saturated heterocycles. The second-order valence-corrected chi connectivity index (χ2v) is 8.01. The summed E-state index contributed by atoms with van der Waals surface area (Å²) in [6.45, 7) is -0.351. The van der Waals surface area contributed by atoms with Gasteiger partial charge in [0, 0.05) is 6.04 Å². The van der Waals surface area contributed by atoms with Gasteiger partial charge in [-0.2, -0.15) is 4.31 Å². The molecule has 0 aromatic rings. The van der Waals surface area contributed by atoms with E-state index >= 15 is 0 Å². The topological polar surface area (TPSA) is 118 Å². The lowest BCUT2D eigenvalue weighted by Crippen LogP contribution is -2.49. The van der Waals surface area contributed by atoms with Gasteiger partial charge >= 0.3 is 5.97 Å². The predicted molar refractivity (Wildman–Crippen MR) is 75.8 cm³/mol. The molecule has 3 N–H and O–H groups in total. The standard InChI is InChI=1S/C13H22N2O5S/c14-12(16)8-15(9-4-1-2-5-9)21(19,20)11-7-3-6-10(11)13(17)18/h9-11H,1-8H2,(H2,14,16)(H,17,18). The minimum absolute atomic E-state index is 0.224. The van der Waals surface area contributed by atoms with E-state index in [2.05, 4.69) is 0 Å². The zero-order chi connectivity index (χ0) is 15.6. The van der Waals surface area contributed by atoms with Gasteiger partial charge in [-0.3, -0.25) is 9.59 Å². The highest BCUT2D eigenvalue weighted by molar-refractivity contribution is 7.89. The molecule has 21 heavy (non-hydrogen) atoms. The maximum absolute atomic E-state index is 12.8. The van der Waals surface area contributed by atoms with Crippen molar-refractivity contribution in [3.05, 3.63) is 0 Å². The van der Waals surface area contributed by atoms with Crippen molar-refractivity contribution in [1.82, 2.24) is 4.31 Å². The zero-order valence-electron chi connectivity index (χ0n) is 11.9. The molecular weight excluding hydrogens is 296 g/mol. The Hall–Kier alpha value is -1.15.